The molecule has 2 fully saturated rings. The van der Waals surface area contributed by atoms with E-state index in [1.165, 1.54) is 0 Å². The van der Waals surface area contributed by atoms with Crippen molar-refractivity contribution in [1.82, 2.24) is 20.2 Å². The number of nitrogens with one attached hydrogen (secondary N) is 1. The number of carbonyl (C=O) groups excluding carboxylic acids is 2. The fourth-order valence-electron chi connectivity index (χ4n) is 3.69. The number of aromatic nitrogens is 2. The summed E-state index contributed by atoms with van der Waals surface area (Å²) >= 11 is 1.56. The molecule has 1 aromatic heterocycles. The molecule has 1 N–H and O–H groups in total. The molecule has 2 amide bonds. The molecule has 9 nitrogen and oxygen atoms in total. The first-order valence-corrected chi connectivity index (χ1v) is 12.7. The number of likely N-dealkylation sites (tertiary alicyclic amines) is 1. The first-order chi connectivity index (χ1) is 15.7. The van der Waals surface area contributed by atoms with Crippen LogP contribution in [0, 0.1) is 0 Å². The standard InChI is InChI=1S/C23H37BN4O5S/c1-15(27-20(30)31-21(2,3)4)18(29)28-11-9-10-17(14-28)34-19-25-12-16(13-26-19)24-32-22(5,6)23(7,8)33-24/h12-13,15,17H,9-11,14H2,1-8H3,(H,27,30)/t15?,17-/m1/s1. The third-order valence-electron chi connectivity index (χ3n) is 6.24. The number of piperidine rings is 1. The lowest BCUT2D eigenvalue weighted by molar-refractivity contribution is -0.133. The fraction of sp³-hybridized carbons (Fsp3) is 0.739. The summed E-state index contributed by atoms with van der Waals surface area (Å²) in [6.07, 6.45) is 4.75. The minimum atomic E-state index is -0.658. The summed E-state index contributed by atoms with van der Waals surface area (Å²) in [5, 5.41) is 3.46. The number of thioether (sulfide) groups is 1. The number of amides is 2. The Kier molecular flexibility index (Phi) is 7.89. The van der Waals surface area contributed by atoms with Crippen LogP contribution in [0.15, 0.2) is 17.6 Å². The van der Waals surface area contributed by atoms with Crippen LogP contribution < -0.4 is 10.8 Å². The maximum Gasteiger partial charge on any atom is 0.498 e. The van der Waals surface area contributed by atoms with Crippen LogP contribution in [0.2, 0.25) is 0 Å². The van der Waals surface area contributed by atoms with Gasteiger partial charge in [-0.2, -0.15) is 0 Å². The molecule has 11 heteroatoms. The molecule has 0 saturated carbocycles. The monoisotopic (exact) mass is 492 g/mol. The summed E-state index contributed by atoms with van der Waals surface area (Å²) in [5.41, 5.74) is -0.667. The van der Waals surface area contributed by atoms with E-state index in [0.29, 0.717) is 18.2 Å². The highest BCUT2D eigenvalue weighted by molar-refractivity contribution is 7.99. The molecule has 0 radical (unpaired) electrons. The van der Waals surface area contributed by atoms with Crippen molar-refractivity contribution in [3.63, 3.8) is 0 Å². The Bertz CT molecular complexity index is 874. The van der Waals surface area contributed by atoms with Crippen LogP contribution in [-0.4, -0.2) is 75.2 Å². The zero-order valence-electron chi connectivity index (χ0n) is 21.5. The lowest BCUT2D eigenvalue weighted by Gasteiger charge is -2.34. The molecule has 188 valence electrons. The van der Waals surface area contributed by atoms with Gasteiger partial charge in [-0.25, -0.2) is 14.8 Å². The van der Waals surface area contributed by atoms with Crippen LogP contribution in [-0.2, 0) is 18.8 Å². The first-order valence-electron chi connectivity index (χ1n) is 11.8. The average molecular weight is 492 g/mol. The van der Waals surface area contributed by atoms with Gasteiger partial charge in [0.15, 0.2) is 5.16 Å². The van der Waals surface area contributed by atoms with Gasteiger partial charge < -0.3 is 24.3 Å². The second-order valence-electron chi connectivity index (χ2n) is 10.9. The SMILES string of the molecule is CC(NC(=O)OC(C)(C)C)C(=O)N1CCC[C@@H](Sc2ncc(B3OC(C)(C)C(C)(C)O3)cn2)C1. The topological polar surface area (TPSA) is 103 Å². The highest BCUT2D eigenvalue weighted by Crippen LogP contribution is 2.36. The number of ether oxygens (including phenoxy) is 1. The highest BCUT2D eigenvalue weighted by Gasteiger charge is 2.52. The van der Waals surface area contributed by atoms with E-state index < -0.39 is 36.1 Å². The largest absolute Gasteiger partial charge is 0.498 e. The highest BCUT2D eigenvalue weighted by atomic mass is 32.2. The molecule has 2 aliphatic rings. The predicted octanol–water partition coefficient (Wildman–Crippen LogP) is 2.77. The summed E-state index contributed by atoms with van der Waals surface area (Å²) in [5.74, 6) is -0.117. The van der Waals surface area contributed by atoms with E-state index in [2.05, 4.69) is 15.3 Å². The molecular weight excluding hydrogens is 455 g/mol. The number of nitrogens with zero attached hydrogens (tertiary/aromatic N) is 3. The van der Waals surface area contributed by atoms with E-state index in [9.17, 15) is 9.59 Å². The molecule has 34 heavy (non-hydrogen) atoms. The summed E-state index contributed by atoms with van der Waals surface area (Å²) in [7, 11) is -0.495. The summed E-state index contributed by atoms with van der Waals surface area (Å²) in [6.45, 7) is 16.3. The van der Waals surface area contributed by atoms with Gasteiger partial charge in [0.05, 0.1) is 11.2 Å². The van der Waals surface area contributed by atoms with Gasteiger partial charge in [-0.1, -0.05) is 11.8 Å². The molecule has 2 saturated heterocycles. The van der Waals surface area contributed by atoms with Crippen molar-refractivity contribution in [2.24, 2.45) is 0 Å². The van der Waals surface area contributed by atoms with E-state index >= 15 is 0 Å². The molecule has 3 heterocycles. The van der Waals surface area contributed by atoms with Gasteiger partial charge in [-0.15, -0.1) is 0 Å². The maximum atomic E-state index is 12.9. The van der Waals surface area contributed by atoms with E-state index in [0.717, 1.165) is 18.3 Å². The van der Waals surface area contributed by atoms with Crippen LogP contribution in [0.5, 0.6) is 0 Å². The molecule has 0 aliphatic carbocycles. The molecule has 3 rings (SSSR count). The number of alkyl carbamates (subject to hydrolysis) is 1. The normalized spacial score (nSPS) is 22.9. The Morgan fingerprint density at radius 3 is 2.35 bits per heavy atom. The molecular formula is C23H37BN4O5S. The minimum Gasteiger partial charge on any atom is -0.444 e. The second kappa shape index (κ2) is 10.0. The Morgan fingerprint density at radius 1 is 1.21 bits per heavy atom. The summed E-state index contributed by atoms with van der Waals surface area (Å²) < 4.78 is 17.4. The second-order valence-corrected chi connectivity index (χ2v) is 12.2. The molecule has 1 aromatic rings. The van der Waals surface area contributed by atoms with Gasteiger partial charge in [0.25, 0.3) is 0 Å². The third kappa shape index (κ3) is 6.63. The predicted molar refractivity (Wildman–Crippen MR) is 132 cm³/mol. The lowest BCUT2D eigenvalue weighted by Crippen LogP contribution is -2.51. The van der Waals surface area contributed by atoms with Gasteiger partial charge in [0.1, 0.15) is 11.6 Å². The van der Waals surface area contributed by atoms with Gasteiger partial charge in [0, 0.05) is 36.2 Å². The average Bonchev–Trinajstić information content (AvgIpc) is 2.93. The van der Waals surface area contributed by atoms with Gasteiger partial charge >= 0.3 is 13.2 Å². The minimum absolute atomic E-state index is 0.117. The van der Waals surface area contributed by atoms with Crippen LogP contribution >= 0.6 is 11.8 Å². The van der Waals surface area contributed by atoms with Crippen molar-refractivity contribution in [2.75, 3.05) is 13.1 Å². The Morgan fingerprint density at radius 2 is 1.79 bits per heavy atom. The number of carbonyl (C=O) groups is 2. The van der Waals surface area contributed by atoms with Crippen molar-refractivity contribution >= 4 is 36.3 Å². The van der Waals surface area contributed by atoms with Crippen LogP contribution in [0.4, 0.5) is 4.79 Å². The van der Waals surface area contributed by atoms with Gasteiger partial charge in [-0.3, -0.25) is 4.79 Å². The Balaban J connectivity index is 1.54. The van der Waals surface area contributed by atoms with Crippen LogP contribution in [0.3, 0.4) is 0 Å². The third-order valence-corrected chi connectivity index (χ3v) is 7.38. The molecule has 0 spiro atoms. The molecule has 2 atom stereocenters. The van der Waals surface area contributed by atoms with Crippen LogP contribution in [0.1, 0.15) is 68.2 Å². The lowest BCUT2D eigenvalue weighted by atomic mass is 9.81. The van der Waals surface area contributed by atoms with E-state index in [1.807, 2.05) is 27.7 Å². The summed E-state index contributed by atoms with van der Waals surface area (Å²) in [6, 6.07) is -0.658. The van der Waals surface area contributed by atoms with Crippen molar-refractivity contribution in [3.8, 4) is 0 Å². The van der Waals surface area contributed by atoms with E-state index in [1.54, 1.807) is 56.8 Å². The first kappa shape index (κ1) is 26.8. The van der Waals surface area contributed by atoms with Gasteiger partial charge in [-0.05, 0) is 68.2 Å². The van der Waals surface area contributed by atoms with Crippen molar-refractivity contribution in [2.45, 2.75) is 101 Å². The van der Waals surface area contributed by atoms with Crippen molar-refractivity contribution < 1.29 is 23.6 Å². The van der Waals surface area contributed by atoms with Gasteiger partial charge in [0.2, 0.25) is 5.91 Å². The fourth-order valence-corrected chi connectivity index (χ4v) is 4.76. The Hall–Kier alpha value is -1.85. The van der Waals surface area contributed by atoms with Crippen molar-refractivity contribution in [3.05, 3.63) is 12.4 Å². The number of hydrogen-bond acceptors (Lipinski definition) is 8. The molecule has 0 aromatic carbocycles. The summed E-state index contributed by atoms with van der Waals surface area (Å²) in [4.78, 5) is 35.7. The molecule has 0 bridgehead atoms. The van der Waals surface area contributed by atoms with E-state index in [4.69, 9.17) is 14.0 Å². The number of hydrogen-bond donors (Lipinski definition) is 1. The molecule has 2 aliphatic heterocycles. The maximum absolute atomic E-state index is 12.9. The molecule has 1 unspecified atom stereocenters. The smallest absolute Gasteiger partial charge is 0.444 e. The Labute approximate surface area is 207 Å². The zero-order valence-corrected chi connectivity index (χ0v) is 22.3. The zero-order chi connectivity index (χ0) is 25.3. The number of rotatable bonds is 5. The van der Waals surface area contributed by atoms with Crippen LogP contribution in [0.25, 0.3) is 0 Å². The van der Waals surface area contributed by atoms with Crippen molar-refractivity contribution in [1.29, 1.82) is 0 Å². The quantitative estimate of drug-likeness (QED) is 0.495. The van der Waals surface area contributed by atoms with E-state index in [-0.39, 0.29) is 11.2 Å².